The molecule has 1 aromatic carbocycles. The third-order valence-corrected chi connectivity index (χ3v) is 5.12. The van der Waals surface area contributed by atoms with Gasteiger partial charge in [-0.1, -0.05) is 6.07 Å². The van der Waals surface area contributed by atoms with Gasteiger partial charge in [-0.3, -0.25) is 14.3 Å². The molecule has 2 rings (SSSR count). The summed E-state index contributed by atoms with van der Waals surface area (Å²) >= 11 is 0. The summed E-state index contributed by atoms with van der Waals surface area (Å²) in [6.45, 7) is 2.07. The van der Waals surface area contributed by atoms with E-state index in [9.17, 15) is 18.0 Å². The van der Waals surface area contributed by atoms with Crippen LogP contribution in [-0.2, 0) is 24.3 Å². The number of rotatable bonds is 8. The normalized spacial score (nSPS) is 17.3. The minimum Gasteiger partial charge on any atom is -0.378 e. The summed E-state index contributed by atoms with van der Waals surface area (Å²) in [7, 11) is -3.62. The molecule has 2 amide bonds. The Hall–Kier alpha value is -2.13. The average Bonchev–Trinajstić information content (AvgIpc) is 2.54. The highest BCUT2D eigenvalue weighted by Gasteiger charge is 2.18. The van der Waals surface area contributed by atoms with Crippen LogP contribution in [0.4, 0.5) is 11.4 Å². The number of ether oxygens (including phenoxy) is 1. The molecule has 1 atom stereocenters. The number of sulfonamides is 1. The molecule has 1 aromatic rings. The van der Waals surface area contributed by atoms with Gasteiger partial charge in [0.1, 0.15) is 0 Å². The molecule has 1 unspecified atom stereocenters. The number of hydrogen-bond acceptors (Lipinski definition) is 5. The second kappa shape index (κ2) is 9.54. The number of carbonyl (C=O) groups excluding carboxylic acids is 2. The van der Waals surface area contributed by atoms with Gasteiger partial charge in [-0.05, 0) is 37.5 Å². The highest BCUT2D eigenvalue weighted by atomic mass is 32.2. The number of anilines is 2. The van der Waals surface area contributed by atoms with E-state index in [1.807, 2.05) is 0 Å². The molecule has 0 aliphatic carbocycles. The van der Waals surface area contributed by atoms with Gasteiger partial charge in [0.2, 0.25) is 21.8 Å². The minimum atomic E-state index is -3.62. The summed E-state index contributed by atoms with van der Waals surface area (Å²) in [6.07, 6.45) is 3.11. The topological polar surface area (TPSA) is 114 Å². The van der Waals surface area contributed by atoms with Crippen LogP contribution in [0, 0.1) is 0 Å². The number of nitrogens with one attached hydrogen (secondary N) is 3. The van der Waals surface area contributed by atoms with E-state index in [2.05, 4.69) is 15.4 Å². The molecule has 1 aliphatic rings. The van der Waals surface area contributed by atoms with Crippen molar-refractivity contribution in [3.8, 4) is 0 Å². The van der Waals surface area contributed by atoms with Gasteiger partial charge in [-0.25, -0.2) is 8.42 Å². The van der Waals surface area contributed by atoms with Crippen molar-refractivity contribution in [2.45, 2.75) is 38.7 Å². The molecule has 8 nitrogen and oxygen atoms in total. The summed E-state index contributed by atoms with van der Waals surface area (Å²) < 4.78 is 32.2. The zero-order valence-corrected chi connectivity index (χ0v) is 15.6. The van der Waals surface area contributed by atoms with Crippen molar-refractivity contribution in [1.82, 2.24) is 5.32 Å². The van der Waals surface area contributed by atoms with Gasteiger partial charge in [0.05, 0.1) is 24.0 Å². The van der Waals surface area contributed by atoms with Gasteiger partial charge < -0.3 is 15.4 Å². The largest absolute Gasteiger partial charge is 0.378 e. The molecule has 0 aromatic heterocycles. The first-order valence-corrected chi connectivity index (χ1v) is 10.3. The van der Waals surface area contributed by atoms with Gasteiger partial charge in [0.25, 0.3) is 0 Å². The highest BCUT2D eigenvalue weighted by Crippen LogP contribution is 2.17. The molecule has 0 bridgehead atoms. The van der Waals surface area contributed by atoms with Crippen molar-refractivity contribution < 1.29 is 22.7 Å². The Morgan fingerprint density at radius 3 is 2.69 bits per heavy atom. The van der Waals surface area contributed by atoms with Crippen molar-refractivity contribution in [3.63, 3.8) is 0 Å². The minimum absolute atomic E-state index is 0.0201. The summed E-state index contributed by atoms with van der Waals surface area (Å²) in [5.74, 6) is -0.691. The molecule has 1 fully saturated rings. The molecular formula is C17H25N3O5S. The molecule has 0 radical (unpaired) electrons. The lowest BCUT2D eigenvalue weighted by Gasteiger charge is -2.21. The van der Waals surface area contributed by atoms with Crippen LogP contribution < -0.4 is 15.4 Å². The summed E-state index contributed by atoms with van der Waals surface area (Å²) in [5, 5.41) is 5.20. The monoisotopic (exact) mass is 383 g/mol. The lowest BCUT2D eigenvalue weighted by atomic mass is 10.1. The maximum absolute atomic E-state index is 12.1. The summed E-state index contributed by atoms with van der Waals surface area (Å²) in [6, 6.07) is 6.40. The van der Waals surface area contributed by atoms with E-state index in [0.29, 0.717) is 18.0 Å². The highest BCUT2D eigenvalue weighted by molar-refractivity contribution is 7.92. The van der Waals surface area contributed by atoms with E-state index in [1.54, 1.807) is 18.2 Å². The predicted octanol–water partition coefficient (Wildman–Crippen LogP) is 1.46. The maximum atomic E-state index is 12.1. The van der Waals surface area contributed by atoms with Crippen molar-refractivity contribution >= 4 is 33.2 Å². The summed E-state index contributed by atoms with van der Waals surface area (Å²) in [4.78, 5) is 22.9. The van der Waals surface area contributed by atoms with E-state index < -0.39 is 10.0 Å². The number of benzene rings is 1. The zero-order chi connectivity index (χ0) is 19.0. The van der Waals surface area contributed by atoms with Crippen molar-refractivity contribution in [2.24, 2.45) is 0 Å². The van der Waals surface area contributed by atoms with Gasteiger partial charge in [0.15, 0.2) is 0 Å². The first kappa shape index (κ1) is 20.2. The second-order valence-corrected chi connectivity index (χ2v) is 8.07. The molecule has 1 saturated heterocycles. The van der Waals surface area contributed by atoms with Gasteiger partial charge in [-0.2, -0.15) is 0 Å². The molecule has 26 heavy (non-hydrogen) atoms. The molecule has 1 heterocycles. The Balaban J connectivity index is 1.77. The molecule has 1 aliphatic heterocycles. The van der Waals surface area contributed by atoms with Gasteiger partial charge in [-0.15, -0.1) is 0 Å². The van der Waals surface area contributed by atoms with Crippen LogP contribution in [0.2, 0.25) is 0 Å². The van der Waals surface area contributed by atoms with Crippen molar-refractivity contribution in [2.75, 3.05) is 28.9 Å². The lowest BCUT2D eigenvalue weighted by Crippen LogP contribution is -2.34. The third-order valence-electron chi connectivity index (χ3n) is 3.84. The fourth-order valence-electron chi connectivity index (χ4n) is 2.67. The maximum Gasteiger partial charge on any atom is 0.234 e. The van der Waals surface area contributed by atoms with Crippen LogP contribution in [0.3, 0.4) is 0 Å². The number of carbonyl (C=O) groups is 2. The van der Waals surface area contributed by atoms with Crippen molar-refractivity contribution in [1.29, 1.82) is 0 Å². The van der Waals surface area contributed by atoms with E-state index in [0.717, 1.165) is 19.3 Å². The lowest BCUT2D eigenvalue weighted by molar-refractivity contribution is -0.124. The van der Waals surface area contributed by atoms with Crippen LogP contribution in [0.5, 0.6) is 0 Å². The van der Waals surface area contributed by atoms with Gasteiger partial charge >= 0.3 is 0 Å². The number of amides is 2. The van der Waals surface area contributed by atoms with Crippen LogP contribution in [0.15, 0.2) is 24.3 Å². The number of hydrogen-bond donors (Lipinski definition) is 3. The van der Waals surface area contributed by atoms with Crippen LogP contribution in [0.1, 0.15) is 32.6 Å². The molecular weight excluding hydrogens is 358 g/mol. The fourth-order valence-corrected chi connectivity index (χ4v) is 3.63. The second-order valence-electron chi connectivity index (χ2n) is 6.23. The average molecular weight is 383 g/mol. The Kier molecular flexibility index (Phi) is 7.40. The molecule has 0 spiro atoms. The first-order chi connectivity index (χ1) is 12.3. The van der Waals surface area contributed by atoms with Crippen LogP contribution >= 0.6 is 0 Å². The molecule has 0 saturated carbocycles. The zero-order valence-electron chi connectivity index (χ0n) is 14.8. The standard InChI is InChI=1S/C17H25N3O5S/c1-13(21)19-14-5-4-6-15(11-14)20-26(23,24)10-8-18-17(22)12-16-7-2-3-9-25-16/h4-6,11,16,20H,2-3,7-10,12H2,1H3,(H,18,22)(H,19,21). The summed E-state index contributed by atoms with van der Waals surface area (Å²) in [5.41, 5.74) is 0.844. The van der Waals surface area contributed by atoms with Crippen LogP contribution in [0.25, 0.3) is 0 Å². The third kappa shape index (κ3) is 7.40. The van der Waals surface area contributed by atoms with Gasteiger partial charge in [0, 0.05) is 25.8 Å². The van der Waals surface area contributed by atoms with Crippen molar-refractivity contribution in [3.05, 3.63) is 24.3 Å². The molecule has 9 heteroatoms. The molecule has 144 valence electrons. The molecule has 3 N–H and O–H groups in total. The Morgan fingerprint density at radius 1 is 1.23 bits per heavy atom. The van der Waals surface area contributed by atoms with E-state index >= 15 is 0 Å². The van der Waals surface area contributed by atoms with E-state index in [4.69, 9.17) is 4.74 Å². The predicted molar refractivity (Wildman–Crippen MR) is 99.4 cm³/mol. The van der Waals surface area contributed by atoms with Crippen LogP contribution in [-0.4, -0.2) is 45.2 Å². The van der Waals surface area contributed by atoms with E-state index in [1.165, 1.54) is 13.0 Å². The Labute approximate surface area is 153 Å². The fraction of sp³-hybridized carbons (Fsp3) is 0.529. The first-order valence-electron chi connectivity index (χ1n) is 8.60. The Morgan fingerprint density at radius 2 is 2.00 bits per heavy atom. The SMILES string of the molecule is CC(=O)Nc1cccc(NS(=O)(=O)CCNC(=O)CC2CCCCO2)c1. The smallest absolute Gasteiger partial charge is 0.234 e. The van der Waals surface area contributed by atoms with E-state index in [-0.39, 0.29) is 36.6 Å². The quantitative estimate of drug-likeness (QED) is 0.629. The Bertz CT molecular complexity index is 730.